The van der Waals surface area contributed by atoms with Gasteiger partial charge in [0.1, 0.15) is 12.1 Å². The van der Waals surface area contributed by atoms with Crippen molar-refractivity contribution in [3.63, 3.8) is 0 Å². The van der Waals surface area contributed by atoms with Crippen LogP contribution in [0.25, 0.3) is 0 Å². The first-order chi connectivity index (χ1) is 15.5. The van der Waals surface area contributed by atoms with Gasteiger partial charge in [-0.25, -0.2) is 4.98 Å². The summed E-state index contributed by atoms with van der Waals surface area (Å²) in [6.45, 7) is 0.308. The van der Waals surface area contributed by atoms with Crippen LogP contribution in [0.15, 0.2) is 36.5 Å². The fourth-order valence-electron chi connectivity index (χ4n) is 3.49. The van der Waals surface area contributed by atoms with E-state index in [4.69, 9.17) is 27.9 Å². The Bertz CT molecular complexity index is 921. The van der Waals surface area contributed by atoms with Crippen molar-refractivity contribution in [1.29, 1.82) is 0 Å². The largest absolute Gasteiger partial charge is 0.474 e. The SMILES string of the molecule is CSCCC(NC(=O)c1ccc(Cl)cc1Cl)C(=O)NCc1ccc(OC2CCCC2)nc1. The quantitative estimate of drug-likeness (QED) is 0.490. The van der Waals surface area contributed by atoms with E-state index in [9.17, 15) is 9.59 Å². The summed E-state index contributed by atoms with van der Waals surface area (Å²) in [7, 11) is 0. The Morgan fingerprint density at radius 2 is 2.00 bits per heavy atom. The molecule has 172 valence electrons. The molecule has 1 heterocycles. The predicted molar refractivity (Wildman–Crippen MR) is 130 cm³/mol. The van der Waals surface area contributed by atoms with Crippen LogP contribution in [-0.4, -0.2) is 41.0 Å². The standard InChI is InChI=1S/C23H27Cl2N3O3S/c1-32-11-10-20(28-22(29)18-8-7-16(24)12-19(18)25)23(30)27-14-15-6-9-21(26-13-15)31-17-4-2-3-5-17/h6-9,12-13,17,20H,2-5,10-11,14H2,1H3,(H,27,30)(H,28,29). The summed E-state index contributed by atoms with van der Waals surface area (Å²) in [4.78, 5) is 29.8. The number of nitrogens with zero attached hydrogens (tertiary/aromatic N) is 1. The molecule has 1 aromatic heterocycles. The summed E-state index contributed by atoms with van der Waals surface area (Å²) in [5.41, 5.74) is 1.13. The van der Waals surface area contributed by atoms with Crippen LogP contribution in [0.5, 0.6) is 5.88 Å². The van der Waals surface area contributed by atoms with E-state index in [0.717, 1.165) is 24.2 Å². The zero-order valence-corrected chi connectivity index (χ0v) is 20.2. The molecule has 2 amide bonds. The van der Waals surface area contributed by atoms with Gasteiger partial charge in [0.05, 0.1) is 10.6 Å². The highest BCUT2D eigenvalue weighted by atomic mass is 35.5. The fraction of sp³-hybridized carbons (Fsp3) is 0.435. The van der Waals surface area contributed by atoms with Gasteiger partial charge in [0.2, 0.25) is 11.8 Å². The Morgan fingerprint density at radius 3 is 2.66 bits per heavy atom. The third-order valence-corrected chi connectivity index (χ3v) is 6.45. The molecule has 1 atom stereocenters. The molecule has 3 rings (SSSR count). The lowest BCUT2D eigenvalue weighted by atomic mass is 10.1. The lowest BCUT2D eigenvalue weighted by Crippen LogP contribution is -2.47. The first-order valence-electron chi connectivity index (χ1n) is 10.6. The number of pyridine rings is 1. The van der Waals surface area contributed by atoms with Gasteiger partial charge in [0.25, 0.3) is 5.91 Å². The molecule has 1 saturated carbocycles. The number of aromatic nitrogens is 1. The number of halogens is 2. The molecule has 0 saturated heterocycles. The number of thioether (sulfide) groups is 1. The number of ether oxygens (including phenoxy) is 1. The van der Waals surface area contributed by atoms with Gasteiger partial charge in [0.15, 0.2) is 0 Å². The van der Waals surface area contributed by atoms with E-state index >= 15 is 0 Å². The van der Waals surface area contributed by atoms with E-state index in [-0.39, 0.29) is 22.6 Å². The Balaban J connectivity index is 1.56. The number of amides is 2. The van der Waals surface area contributed by atoms with Gasteiger partial charge >= 0.3 is 0 Å². The number of carbonyl (C=O) groups is 2. The van der Waals surface area contributed by atoms with Gasteiger partial charge < -0.3 is 15.4 Å². The second kappa shape index (κ2) is 12.3. The molecular formula is C23H27Cl2N3O3S. The van der Waals surface area contributed by atoms with Crippen LogP contribution in [0.1, 0.15) is 48.0 Å². The zero-order chi connectivity index (χ0) is 22.9. The zero-order valence-electron chi connectivity index (χ0n) is 17.9. The number of rotatable bonds is 10. The molecule has 0 radical (unpaired) electrons. The molecule has 2 aromatic rings. The van der Waals surface area contributed by atoms with Crippen molar-refractivity contribution in [2.24, 2.45) is 0 Å². The van der Waals surface area contributed by atoms with Crippen LogP contribution >= 0.6 is 35.0 Å². The van der Waals surface area contributed by atoms with Crippen LogP contribution in [0.4, 0.5) is 0 Å². The monoisotopic (exact) mass is 495 g/mol. The van der Waals surface area contributed by atoms with Crippen molar-refractivity contribution in [2.45, 2.75) is 50.8 Å². The van der Waals surface area contributed by atoms with Gasteiger partial charge in [-0.3, -0.25) is 9.59 Å². The molecule has 1 fully saturated rings. The van der Waals surface area contributed by atoms with Crippen molar-refractivity contribution in [1.82, 2.24) is 15.6 Å². The van der Waals surface area contributed by atoms with Crippen LogP contribution in [0.3, 0.4) is 0 Å². The number of carbonyl (C=O) groups excluding carboxylic acids is 2. The average Bonchev–Trinajstić information content (AvgIpc) is 3.28. The molecule has 1 aliphatic rings. The number of hydrogen-bond acceptors (Lipinski definition) is 5. The van der Waals surface area contributed by atoms with E-state index in [0.29, 0.717) is 23.9 Å². The van der Waals surface area contributed by atoms with Crippen molar-refractivity contribution in [2.75, 3.05) is 12.0 Å². The first kappa shape index (κ1) is 24.7. The molecule has 1 aliphatic carbocycles. The summed E-state index contributed by atoms with van der Waals surface area (Å²) in [6, 6.07) is 7.68. The van der Waals surface area contributed by atoms with Gasteiger partial charge in [-0.2, -0.15) is 11.8 Å². The molecule has 0 spiro atoms. The van der Waals surface area contributed by atoms with E-state index in [1.54, 1.807) is 30.1 Å². The third kappa shape index (κ3) is 7.29. The van der Waals surface area contributed by atoms with Crippen LogP contribution in [0.2, 0.25) is 10.0 Å². The highest BCUT2D eigenvalue weighted by Gasteiger charge is 2.22. The molecule has 1 aromatic carbocycles. The summed E-state index contributed by atoms with van der Waals surface area (Å²) < 4.78 is 5.87. The topological polar surface area (TPSA) is 80.3 Å². The van der Waals surface area contributed by atoms with E-state index in [2.05, 4.69) is 15.6 Å². The average molecular weight is 496 g/mol. The molecule has 0 aliphatic heterocycles. The molecule has 1 unspecified atom stereocenters. The summed E-state index contributed by atoms with van der Waals surface area (Å²) in [5.74, 6) is 0.658. The van der Waals surface area contributed by atoms with E-state index < -0.39 is 11.9 Å². The van der Waals surface area contributed by atoms with Gasteiger partial charge in [-0.05, 0) is 67.9 Å². The minimum atomic E-state index is -0.681. The summed E-state index contributed by atoms with van der Waals surface area (Å²) in [5, 5.41) is 6.35. The number of benzene rings is 1. The highest BCUT2D eigenvalue weighted by molar-refractivity contribution is 7.98. The van der Waals surface area contributed by atoms with Gasteiger partial charge in [-0.1, -0.05) is 29.3 Å². The lowest BCUT2D eigenvalue weighted by Gasteiger charge is -2.19. The summed E-state index contributed by atoms with van der Waals surface area (Å²) in [6.07, 6.45) is 8.95. The molecular weight excluding hydrogens is 469 g/mol. The maximum Gasteiger partial charge on any atom is 0.253 e. The second-order valence-electron chi connectivity index (χ2n) is 7.68. The Kier molecular flexibility index (Phi) is 9.51. The molecule has 32 heavy (non-hydrogen) atoms. The number of nitrogens with one attached hydrogen (secondary N) is 2. The maximum atomic E-state index is 12.8. The van der Waals surface area contributed by atoms with Gasteiger partial charge in [0, 0.05) is 23.8 Å². The predicted octanol–water partition coefficient (Wildman–Crippen LogP) is 4.88. The van der Waals surface area contributed by atoms with Crippen LogP contribution in [0, 0.1) is 0 Å². The van der Waals surface area contributed by atoms with Crippen molar-refractivity contribution >= 4 is 46.8 Å². The first-order valence-corrected chi connectivity index (χ1v) is 12.8. The molecule has 0 bridgehead atoms. The van der Waals surface area contributed by atoms with Crippen molar-refractivity contribution < 1.29 is 14.3 Å². The van der Waals surface area contributed by atoms with Crippen LogP contribution < -0.4 is 15.4 Å². The highest BCUT2D eigenvalue weighted by Crippen LogP contribution is 2.23. The smallest absolute Gasteiger partial charge is 0.253 e. The van der Waals surface area contributed by atoms with E-state index in [1.165, 1.54) is 18.9 Å². The molecule has 6 nitrogen and oxygen atoms in total. The minimum absolute atomic E-state index is 0.241. The van der Waals surface area contributed by atoms with Crippen molar-refractivity contribution in [3.8, 4) is 5.88 Å². The Morgan fingerprint density at radius 1 is 1.22 bits per heavy atom. The molecule has 9 heteroatoms. The fourth-order valence-corrected chi connectivity index (χ4v) is 4.45. The maximum absolute atomic E-state index is 12.8. The minimum Gasteiger partial charge on any atom is -0.474 e. The normalized spacial score (nSPS) is 14.7. The van der Waals surface area contributed by atoms with Crippen LogP contribution in [-0.2, 0) is 11.3 Å². The lowest BCUT2D eigenvalue weighted by molar-refractivity contribution is -0.123. The van der Waals surface area contributed by atoms with E-state index in [1.807, 2.05) is 18.4 Å². The summed E-state index contributed by atoms with van der Waals surface area (Å²) >= 11 is 13.6. The van der Waals surface area contributed by atoms with Gasteiger partial charge in [-0.15, -0.1) is 0 Å². The van der Waals surface area contributed by atoms with Crippen molar-refractivity contribution in [3.05, 3.63) is 57.7 Å². The Labute approximate surface area is 202 Å². The Hall–Kier alpha value is -1.96. The second-order valence-corrected chi connectivity index (χ2v) is 9.51. The molecule has 2 N–H and O–H groups in total. The third-order valence-electron chi connectivity index (χ3n) is 5.26. The number of hydrogen-bond donors (Lipinski definition) is 2.